The number of unbranched alkanes of at least 4 members (excludes halogenated alkanes) is 5. The van der Waals surface area contributed by atoms with E-state index in [0.29, 0.717) is 0 Å². The van der Waals surface area contributed by atoms with Gasteiger partial charge in [-0.15, -0.1) is 12.4 Å². The summed E-state index contributed by atoms with van der Waals surface area (Å²) in [6, 6.07) is 8.72. The molecule has 0 atom stereocenters. The highest BCUT2D eigenvalue weighted by Gasteiger charge is 2.13. The molecule has 0 bridgehead atoms. The highest BCUT2D eigenvalue weighted by Crippen LogP contribution is 2.29. The standard InChI is InChI=1S/C21H26N2O.C8H18.C2H6.ClH/c1-6-14(4)18-12-19(23-21(18)15(5)22-13(2)3)16-7-8-20-17(11-16)9-10-24-20;1-3-5-7-8-6-4-2;1-2;/h7-8,11-12,23H,6,9-10H2,1-5H3;3-8H2,1-2H3;1-2H3;1H/b18-14+,21-15+;;;. The van der Waals surface area contributed by atoms with Crippen molar-refractivity contribution in [3.63, 3.8) is 0 Å². The zero-order valence-corrected chi connectivity index (χ0v) is 24.8. The Balaban J connectivity index is 0.000000902. The quantitative estimate of drug-likeness (QED) is 0.284. The number of ether oxygens (including phenoxy) is 1. The van der Waals surface area contributed by atoms with E-state index in [1.165, 1.54) is 60.4 Å². The fourth-order valence-electron chi connectivity index (χ4n) is 4.02. The van der Waals surface area contributed by atoms with Crippen molar-refractivity contribution in [1.82, 2.24) is 4.98 Å². The molecule has 1 aliphatic rings. The van der Waals surface area contributed by atoms with Gasteiger partial charge in [0.1, 0.15) is 5.75 Å². The van der Waals surface area contributed by atoms with E-state index in [4.69, 9.17) is 4.74 Å². The number of aromatic amines is 1. The molecule has 0 saturated heterocycles. The van der Waals surface area contributed by atoms with Crippen LogP contribution in [0.2, 0.25) is 0 Å². The molecule has 4 heteroatoms. The Morgan fingerprint density at radius 1 is 0.914 bits per heavy atom. The Hall–Kier alpha value is -2.00. The third-order valence-electron chi connectivity index (χ3n) is 6.02. The summed E-state index contributed by atoms with van der Waals surface area (Å²) >= 11 is 0. The summed E-state index contributed by atoms with van der Waals surface area (Å²) in [4.78, 5) is 8.26. The number of H-pyrrole nitrogens is 1. The van der Waals surface area contributed by atoms with Gasteiger partial charge in [-0.25, -0.2) is 0 Å². The minimum atomic E-state index is 0. The lowest BCUT2D eigenvalue weighted by atomic mass is 10.1. The van der Waals surface area contributed by atoms with Crippen molar-refractivity contribution >= 4 is 29.4 Å². The second-order valence-corrected chi connectivity index (χ2v) is 9.09. The van der Waals surface area contributed by atoms with Gasteiger partial charge in [0.25, 0.3) is 0 Å². The molecule has 0 aliphatic carbocycles. The highest BCUT2D eigenvalue weighted by atomic mass is 35.5. The van der Waals surface area contributed by atoms with Crippen molar-refractivity contribution < 1.29 is 4.74 Å². The predicted octanol–water partition coefficient (Wildman–Crippen LogP) is 8.62. The van der Waals surface area contributed by atoms with Gasteiger partial charge in [0.15, 0.2) is 0 Å². The number of aromatic nitrogens is 1. The first-order valence-electron chi connectivity index (χ1n) is 13.6. The largest absolute Gasteiger partial charge is 0.493 e. The van der Waals surface area contributed by atoms with Crippen LogP contribution in [0.15, 0.2) is 29.3 Å². The van der Waals surface area contributed by atoms with E-state index in [9.17, 15) is 0 Å². The van der Waals surface area contributed by atoms with E-state index in [0.717, 1.165) is 47.6 Å². The van der Waals surface area contributed by atoms with E-state index in [-0.39, 0.29) is 12.4 Å². The lowest BCUT2D eigenvalue weighted by molar-refractivity contribution is 0.357. The summed E-state index contributed by atoms with van der Waals surface area (Å²) < 4.78 is 5.62. The summed E-state index contributed by atoms with van der Waals surface area (Å²) in [6.45, 7) is 19.8. The molecule has 35 heavy (non-hydrogen) atoms. The monoisotopic (exact) mass is 502 g/mol. The molecule has 1 aromatic carbocycles. The van der Waals surface area contributed by atoms with Crippen molar-refractivity contribution in [3.05, 3.63) is 40.4 Å². The Morgan fingerprint density at radius 2 is 1.54 bits per heavy atom. The molecule has 1 N–H and O–H groups in total. The lowest BCUT2D eigenvalue weighted by Crippen LogP contribution is -2.26. The van der Waals surface area contributed by atoms with Gasteiger partial charge in [0.2, 0.25) is 0 Å². The first-order valence-corrected chi connectivity index (χ1v) is 13.6. The maximum atomic E-state index is 5.62. The molecule has 2 heterocycles. The number of hydrogen-bond acceptors (Lipinski definition) is 2. The zero-order valence-electron chi connectivity index (χ0n) is 23.9. The highest BCUT2D eigenvalue weighted by molar-refractivity contribution is 5.85. The Morgan fingerprint density at radius 3 is 2.09 bits per heavy atom. The number of nitrogens with one attached hydrogen (secondary N) is 1. The minimum Gasteiger partial charge on any atom is -0.493 e. The number of benzene rings is 1. The number of aliphatic imine (C=N–C) groups is 1. The smallest absolute Gasteiger partial charge is 0.122 e. The van der Waals surface area contributed by atoms with Gasteiger partial charge >= 0.3 is 0 Å². The van der Waals surface area contributed by atoms with Crippen LogP contribution in [0.4, 0.5) is 0 Å². The molecule has 0 fully saturated rings. The normalized spacial score (nSPS) is 13.1. The summed E-state index contributed by atoms with van der Waals surface area (Å²) in [6.07, 6.45) is 10.5. The van der Waals surface area contributed by atoms with Crippen LogP contribution in [0.5, 0.6) is 5.75 Å². The van der Waals surface area contributed by atoms with Crippen LogP contribution in [0.1, 0.15) is 113 Å². The third kappa shape index (κ3) is 10.7. The second-order valence-electron chi connectivity index (χ2n) is 9.09. The van der Waals surface area contributed by atoms with Crippen LogP contribution in [-0.2, 0) is 6.42 Å². The predicted molar refractivity (Wildman–Crippen MR) is 160 cm³/mol. The molecule has 3 nitrogen and oxygen atoms in total. The molecule has 1 aromatic heterocycles. The lowest BCUT2D eigenvalue weighted by Gasteiger charge is -2.02. The Labute approximate surface area is 221 Å². The first-order chi connectivity index (χ1) is 16.4. The summed E-state index contributed by atoms with van der Waals surface area (Å²) in [5, 5.41) is 2.40. The van der Waals surface area contributed by atoms with Crippen LogP contribution < -0.4 is 15.3 Å². The molecule has 0 saturated carbocycles. The topological polar surface area (TPSA) is 37.4 Å². The van der Waals surface area contributed by atoms with E-state index < -0.39 is 0 Å². The van der Waals surface area contributed by atoms with Gasteiger partial charge < -0.3 is 9.72 Å². The number of hydrogen-bond donors (Lipinski definition) is 1. The van der Waals surface area contributed by atoms with Crippen LogP contribution in [-0.4, -0.2) is 17.3 Å². The molecule has 0 spiro atoms. The zero-order chi connectivity index (χ0) is 25.5. The summed E-state index contributed by atoms with van der Waals surface area (Å²) in [5.74, 6) is 1.02. The van der Waals surface area contributed by atoms with Crippen molar-refractivity contribution in [3.8, 4) is 17.0 Å². The number of halogens is 1. The van der Waals surface area contributed by atoms with Gasteiger partial charge in [-0.1, -0.05) is 78.7 Å². The van der Waals surface area contributed by atoms with Crippen LogP contribution in [0.3, 0.4) is 0 Å². The second kappa shape index (κ2) is 18.3. The van der Waals surface area contributed by atoms with E-state index >= 15 is 0 Å². The fraction of sp³-hybridized carbons (Fsp3) is 0.581. The van der Waals surface area contributed by atoms with Gasteiger partial charge in [-0.05, 0) is 69.5 Å². The molecule has 198 valence electrons. The van der Waals surface area contributed by atoms with Crippen LogP contribution >= 0.6 is 12.4 Å². The Kier molecular flexibility index (Phi) is 17.2. The summed E-state index contributed by atoms with van der Waals surface area (Å²) in [5.41, 5.74) is 7.13. The molecule has 1 aliphatic heterocycles. The molecule has 0 radical (unpaired) electrons. The van der Waals surface area contributed by atoms with Crippen molar-refractivity contribution in [2.24, 2.45) is 4.99 Å². The fourth-order valence-corrected chi connectivity index (χ4v) is 4.02. The van der Waals surface area contributed by atoms with Gasteiger partial charge in [0.05, 0.1) is 17.7 Å². The number of rotatable bonds is 8. The van der Waals surface area contributed by atoms with Gasteiger partial charge in [-0.3, -0.25) is 4.99 Å². The minimum absolute atomic E-state index is 0. The SMILES string of the molecule is CC.CC/C(C)=c1\cc(-c2ccc3c(c2)CCO3)[nH]\c1=C(/C)N=C(C)C.CCCCCCCC.Cl. The van der Waals surface area contributed by atoms with Crippen molar-refractivity contribution in [2.45, 2.75) is 114 Å². The first kappa shape index (κ1) is 33.0. The average Bonchev–Trinajstić information content (AvgIpc) is 3.49. The molecule has 0 amide bonds. The Bertz CT molecular complexity index is 1010. The molecular formula is C31H51ClN2O. The van der Waals surface area contributed by atoms with E-state index in [1.54, 1.807) is 0 Å². The molecule has 2 aromatic rings. The van der Waals surface area contributed by atoms with Crippen LogP contribution in [0.25, 0.3) is 22.5 Å². The van der Waals surface area contributed by atoms with Crippen LogP contribution in [0, 0.1) is 0 Å². The van der Waals surface area contributed by atoms with Crippen molar-refractivity contribution in [2.75, 3.05) is 6.61 Å². The third-order valence-corrected chi connectivity index (χ3v) is 6.02. The number of nitrogens with zero attached hydrogens (tertiary/aromatic N) is 1. The molecular weight excluding hydrogens is 452 g/mol. The van der Waals surface area contributed by atoms with Gasteiger partial charge in [-0.2, -0.15) is 0 Å². The summed E-state index contributed by atoms with van der Waals surface area (Å²) in [7, 11) is 0. The van der Waals surface area contributed by atoms with Gasteiger partial charge in [0, 0.05) is 23.0 Å². The average molecular weight is 503 g/mol. The van der Waals surface area contributed by atoms with E-state index in [1.807, 2.05) is 27.7 Å². The number of fused-ring (bicyclic) bond motifs is 1. The maximum absolute atomic E-state index is 5.62. The van der Waals surface area contributed by atoms with E-state index in [2.05, 4.69) is 68.9 Å². The van der Waals surface area contributed by atoms with Crippen molar-refractivity contribution in [1.29, 1.82) is 0 Å². The molecule has 3 rings (SSSR count). The maximum Gasteiger partial charge on any atom is 0.122 e. The molecule has 0 unspecified atom stereocenters.